The fourth-order valence-corrected chi connectivity index (χ4v) is 2.84. The first-order valence-corrected chi connectivity index (χ1v) is 7.98. The second-order valence-corrected chi connectivity index (χ2v) is 6.02. The van der Waals surface area contributed by atoms with Crippen molar-refractivity contribution >= 4 is 23.8 Å². The average Bonchev–Trinajstić information content (AvgIpc) is 2.46. The lowest BCUT2D eigenvalue weighted by Gasteiger charge is -2.38. The van der Waals surface area contributed by atoms with Gasteiger partial charge in [-0.2, -0.15) is 0 Å². The first kappa shape index (κ1) is 16.7. The van der Waals surface area contributed by atoms with Crippen LogP contribution in [0.1, 0.15) is 26.2 Å². The van der Waals surface area contributed by atoms with Gasteiger partial charge in [-0.3, -0.25) is 4.79 Å². The Morgan fingerprint density at radius 3 is 2.60 bits per heavy atom. The van der Waals surface area contributed by atoms with Crippen molar-refractivity contribution in [2.75, 3.05) is 31.1 Å². The Balaban J connectivity index is 2.32. The largest absolute Gasteiger partial charge is 0.481 e. The molecule has 5 nitrogen and oxygen atoms in total. The van der Waals surface area contributed by atoms with Gasteiger partial charge in [0.15, 0.2) is 0 Å². The summed E-state index contributed by atoms with van der Waals surface area (Å²) in [6.45, 7) is 3.49. The summed E-state index contributed by atoms with van der Waals surface area (Å²) < 4.78 is 0. The number of carboxylic acid groups (broad SMARTS) is 1. The fourth-order valence-electron chi connectivity index (χ4n) is 2.33. The molecule has 0 aliphatic carbocycles. The minimum Gasteiger partial charge on any atom is -0.481 e. The number of nitrogens with one attached hydrogen (secondary N) is 1. The van der Waals surface area contributed by atoms with E-state index in [-0.39, 0.29) is 6.03 Å². The van der Waals surface area contributed by atoms with Crippen molar-refractivity contribution in [1.82, 2.24) is 10.2 Å². The number of carbonyl (C=O) groups excluding carboxylic acids is 1. The van der Waals surface area contributed by atoms with Crippen molar-refractivity contribution in [2.24, 2.45) is 5.41 Å². The Labute approximate surface area is 124 Å². The Bertz CT molecular complexity index is 384. The summed E-state index contributed by atoms with van der Waals surface area (Å²) in [5.74, 6) is 3.22. The number of hydrogen-bond acceptors (Lipinski definition) is 3. The summed E-state index contributed by atoms with van der Waals surface area (Å²) in [6.07, 6.45) is 6.80. The lowest BCUT2D eigenvalue weighted by Crippen LogP contribution is -2.49. The van der Waals surface area contributed by atoms with Crippen LogP contribution >= 0.6 is 11.8 Å². The van der Waals surface area contributed by atoms with Gasteiger partial charge in [0.2, 0.25) is 0 Å². The Hall–Kier alpha value is -1.35. The molecule has 0 aromatic carbocycles. The summed E-state index contributed by atoms with van der Waals surface area (Å²) in [7, 11) is 0. The van der Waals surface area contributed by atoms with Crippen molar-refractivity contribution in [2.45, 2.75) is 26.2 Å². The average molecular weight is 298 g/mol. The monoisotopic (exact) mass is 298 g/mol. The van der Waals surface area contributed by atoms with Crippen LogP contribution in [-0.2, 0) is 4.79 Å². The summed E-state index contributed by atoms with van der Waals surface area (Å²) >= 11 is 1.60. The molecule has 0 aromatic rings. The van der Waals surface area contributed by atoms with Crippen LogP contribution < -0.4 is 5.32 Å². The Kier molecular flexibility index (Phi) is 6.73. The molecular weight excluding hydrogens is 276 g/mol. The number of nitrogens with zero attached hydrogens (tertiary/aromatic N) is 1. The van der Waals surface area contributed by atoms with E-state index in [0.717, 1.165) is 5.75 Å². The van der Waals surface area contributed by atoms with Crippen molar-refractivity contribution in [3.05, 3.63) is 0 Å². The second kappa shape index (κ2) is 8.05. The van der Waals surface area contributed by atoms with Crippen LogP contribution in [0.5, 0.6) is 0 Å². The second-order valence-electron chi connectivity index (χ2n) is 4.91. The molecule has 0 radical (unpaired) electrons. The number of likely N-dealkylation sites (tertiary alicyclic amines) is 1. The smallest absolute Gasteiger partial charge is 0.317 e. The van der Waals surface area contributed by atoms with E-state index in [9.17, 15) is 14.7 Å². The van der Waals surface area contributed by atoms with Crippen LogP contribution in [0.3, 0.4) is 0 Å². The quantitative estimate of drug-likeness (QED) is 0.578. The molecule has 0 spiro atoms. The van der Waals surface area contributed by atoms with Gasteiger partial charge in [-0.25, -0.2) is 4.79 Å². The fraction of sp³-hybridized carbons (Fsp3) is 0.714. The number of carbonyl (C=O) groups is 2. The lowest BCUT2D eigenvalue weighted by atomic mass is 9.76. The highest BCUT2D eigenvalue weighted by Crippen LogP contribution is 2.35. The first-order chi connectivity index (χ1) is 9.55. The molecule has 2 N–H and O–H groups in total. The number of amides is 2. The van der Waals surface area contributed by atoms with Crippen LogP contribution in [0.25, 0.3) is 0 Å². The molecular formula is C14H22N2O3S. The topological polar surface area (TPSA) is 69.6 Å². The van der Waals surface area contributed by atoms with E-state index in [2.05, 4.69) is 11.2 Å². The lowest BCUT2D eigenvalue weighted by molar-refractivity contribution is -0.151. The molecule has 6 heteroatoms. The van der Waals surface area contributed by atoms with Gasteiger partial charge < -0.3 is 15.3 Å². The van der Waals surface area contributed by atoms with E-state index < -0.39 is 11.4 Å². The van der Waals surface area contributed by atoms with Crippen LogP contribution in [0.15, 0.2) is 0 Å². The van der Waals surface area contributed by atoms with Crippen LogP contribution in [0, 0.1) is 17.8 Å². The third-order valence-electron chi connectivity index (χ3n) is 3.85. The van der Waals surface area contributed by atoms with Crippen LogP contribution in [0.2, 0.25) is 0 Å². The first-order valence-electron chi connectivity index (χ1n) is 6.83. The third-order valence-corrected chi connectivity index (χ3v) is 4.71. The normalized spacial score (nSPS) is 17.3. The summed E-state index contributed by atoms with van der Waals surface area (Å²) in [5, 5.41) is 12.1. The Morgan fingerprint density at radius 2 is 2.10 bits per heavy atom. The van der Waals surface area contributed by atoms with Crippen LogP contribution in [-0.4, -0.2) is 53.1 Å². The van der Waals surface area contributed by atoms with Gasteiger partial charge in [0, 0.05) is 25.4 Å². The van der Waals surface area contributed by atoms with Crippen molar-refractivity contribution < 1.29 is 14.7 Å². The molecule has 1 aliphatic rings. The molecule has 1 rings (SSSR count). The molecule has 0 unspecified atom stereocenters. The van der Waals surface area contributed by atoms with Crippen molar-refractivity contribution in [3.63, 3.8) is 0 Å². The maximum Gasteiger partial charge on any atom is 0.317 e. The summed E-state index contributed by atoms with van der Waals surface area (Å²) in [5.41, 5.74) is -0.653. The molecule has 112 valence electrons. The van der Waals surface area contributed by atoms with Crippen molar-refractivity contribution in [3.8, 4) is 12.3 Å². The predicted octanol–water partition coefficient (Wildman–Crippen LogP) is 1.64. The number of thioether (sulfide) groups is 1. The van der Waals surface area contributed by atoms with E-state index in [1.54, 1.807) is 16.7 Å². The summed E-state index contributed by atoms with van der Waals surface area (Å²) in [4.78, 5) is 24.9. The van der Waals surface area contributed by atoms with Crippen molar-refractivity contribution in [1.29, 1.82) is 0 Å². The highest BCUT2D eigenvalue weighted by atomic mass is 32.2. The van der Waals surface area contributed by atoms with E-state index >= 15 is 0 Å². The number of carboxylic acids is 1. The van der Waals surface area contributed by atoms with Gasteiger partial charge >= 0.3 is 12.0 Å². The van der Waals surface area contributed by atoms with Gasteiger partial charge in [-0.1, -0.05) is 12.8 Å². The van der Waals surface area contributed by atoms with Gasteiger partial charge in [0.1, 0.15) is 0 Å². The van der Waals surface area contributed by atoms with Gasteiger partial charge in [-0.15, -0.1) is 18.2 Å². The maximum absolute atomic E-state index is 11.9. The highest BCUT2D eigenvalue weighted by molar-refractivity contribution is 7.99. The zero-order valence-corrected chi connectivity index (χ0v) is 12.7. The molecule has 0 bridgehead atoms. The summed E-state index contributed by atoms with van der Waals surface area (Å²) in [6, 6.07) is -0.110. The van der Waals surface area contributed by atoms with E-state index in [1.165, 1.54) is 0 Å². The van der Waals surface area contributed by atoms with Gasteiger partial charge in [0.25, 0.3) is 0 Å². The van der Waals surface area contributed by atoms with Gasteiger partial charge in [-0.05, 0) is 19.3 Å². The molecule has 0 saturated carbocycles. The maximum atomic E-state index is 11.9. The van der Waals surface area contributed by atoms with E-state index in [0.29, 0.717) is 44.6 Å². The van der Waals surface area contributed by atoms with E-state index in [1.807, 2.05) is 6.92 Å². The minimum atomic E-state index is -0.745. The number of piperidine rings is 1. The predicted molar refractivity (Wildman–Crippen MR) is 80.7 cm³/mol. The molecule has 2 amide bonds. The molecule has 1 fully saturated rings. The number of hydrogen-bond donors (Lipinski definition) is 2. The molecule has 1 heterocycles. The van der Waals surface area contributed by atoms with Gasteiger partial charge in [0.05, 0.1) is 11.2 Å². The SMILES string of the molecule is C#CCSCCNC(=O)N1CCC(CC)(C(=O)O)CC1. The number of urea groups is 1. The zero-order valence-electron chi connectivity index (χ0n) is 11.9. The zero-order chi connectivity index (χ0) is 15.0. The molecule has 0 aromatic heterocycles. The Morgan fingerprint density at radius 1 is 1.45 bits per heavy atom. The third kappa shape index (κ3) is 4.34. The molecule has 20 heavy (non-hydrogen) atoms. The highest BCUT2D eigenvalue weighted by Gasteiger charge is 2.40. The standard InChI is InChI=1S/C14H22N2O3S/c1-3-10-20-11-7-15-13(19)16-8-5-14(4-2,6-9-16)12(17)18/h1H,4-11H2,2H3,(H,15,19)(H,17,18). The number of rotatable bonds is 6. The minimum absolute atomic E-state index is 0.110. The molecule has 0 atom stereocenters. The molecule has 1 aliphatic heterocycles. The van der Waals surface area contributed by atoms with E-state index in [4.69, 9.17) is 6.42 Å². The van der Waals surface area contributed by atoms with Crippen LogP contribution in [0.4, 0.5) is 4.79 Å². The molecule has 1 saturated heterocycles. The number of terminal acetylenes is 1. The number of aliphatic carboxylic acids is 1.